The van der Waals surface area contributed by atoms with E-state index < -0.39 is 29.6 Å². The first-order valence-corrected chi connectivity index (χ1v) is 11.5. The third kappa shape index (κ3) is 4.27. The van der Waals surface area contributed by atoms with E-state index >= 15 is 0 Å². The number of Topliss-reactive ketones (excluding diaryl/α,β-unsaturated/α-hetero) is 1. The highest BCUT2D eigenvalue weighted by Crippen LogP contribution is 2.42. The van der Waals surface area contributed by atoms with Gasteiger partial charge in [0.1, 0.15) is 11.8 Å². The number of likely N-dealkylation sites (tertiary alicyclic amines) is 1. The second kappa shape index (κ2) is 9.29. The normalized spacial score (nSPS) is 24.0. The number of aliphatic carboxylic acids is 1. The average Bonchev–Trinajstić information content (AvgIpc) is 3.03. The van der Waals surface area contributed by atoms with Crippen molar-refractivity contribution in [2.24, 2.45) is 11.0 Å². The number of carbonyl (C=O) groups is 3. The number of rotatable bonds is 5. The Labute approximate surface area is 198 Å². The molecular weight excluding hydrogens is 434 g/mol. The van der Waals surface area contributed by atoms with Crippen molar-refractivity contribution in [1.29, 1.82) is 0 Å². The number of aryl methyl sites for hydroxylation is 2. The number of benzene rings is 2. The van der Waals surface area contributed by atoms with Crippen molar-refractivity contribution in [3.8, 4) is 5.75 Å². The Morgan fingerprint density at radius 2 is 1.88 bits per heavy atom. The largest absolute Gasteiger partial charge is 0.505 e. The Morgan fingerprint density at radius 1 is 1.12 bits per heavy atom. The van der Waals surface area contributed by atoms with Crippen molar-refractivity contribution >= 4 is 29.1 Å². The number of phenols is 1. The number of carboxylic acid groups (broad SMARTS) is 1. The molecule has 0 spiro atoms. The van der Waals surface area contributed by atoms with Gasteiger partial charge in [0.05, 0.1) is 11.6 Å². The average molecular weight is 464 g/mol. The van der Waals surface area contributed by atoms with Crippen molar-refractivity contribution in [2.75, 3.05) is 12.5 Å². The van der Waals surface area contributed by atoms with E-state index in [1.807, 2.05) is 32.0 Å². The molecular formula is C26H29N3O5. The van der Waals surface area contributed by atoms with E-state index in [0.29, 0.717) is 18.4 Å². The quantitative estimate of drug-likeness (QED) is 0.457. The molecule has 178 valence electrons. The van der Waals surface area contributed by atoms with Gasteiger partial charge in [-0.2, -0.15) is 5.10 Å². The molecule has 0 radical (unpaired) electrons. The van der Waals surface area contributed by atoms with Gasteiger partial charge in [-0.25, -0.2) is 0 Å². The van der Waals surface area contributed by atoms with Crippen LogP contribution in [0.2, 0.25) is 0 Å². The lowest BCUT2D eigenvalue weighted by Gasteiger charge is -2.27. The summed E-state index contributed by atoms with van der Waals surface area (Å²) in [5, 5.41) is 24.3. The highest BCUT2D eigenvalue weighted by Gasteiger charge is 2.43. The van der Waals surface area contributed by atoms with E-state index in [9.17, 15) is 24.6 Å². The Balaban J connectivity index is 1.57. The number of hydrazone groups is 1. The molecule has 3 atom stereocenters. The van der Waals surface area contributed by atoms with Crippen molar-refractivity contribution < 1.29 is 24.6 Å². The number of phenolic OH excluding ortho intramolecular Hbond substituents is 1. The molecule has 3 unspecified atom stereocenters. The Bertz CT molecular complexity index is 1190. The monoisotopic (exact) mass is 463 g/mol. The summed E-state index contributed by atoms with van der Waals surface area (Å²) in [5.74, 6) is -2.27. The standard InChI is InChI=1S/C26H29N3O5/c1-14-10-11-17(12-15(14)2)22-24(31)21(25(32)29(22)3)28-27-20-9-5-8-19(23(20)30)16-6-4-7-18(13-16)26(33)34/h5,8-12,16,18,22,27,30H,4,6-7,13H2,1-3H3,(H,33,34)/b28-21-. The van der Waals surface area contributed by atoms with Crippen molar-refractivity contribution in [3.63, 3.8) is 0 Å². The first kappa shape index (κ1) is 23.5. The topological polar surface area (TPSA) is 119 Å². The van der Waals surface area contributed by atoms with Gasteiger partial charge in [-0.05, 0) is 67.3 Å². The summed E-state index contributed by atoms with van der Waals surface area (Å²) in [6, 6.07) is 10.0. The summed E-state index contributed by atoms with van der Waals surface area (Å²) >= 11 is 0. The third-order valence-electron chi connectivity index (χ3n) is 7.06. The second-order valence-corrected chi connectivity index (χ2v) is 9.24. The predicted molar refractivity (Wildman–Crippen MR) is 128 cm³/mol. The van der Waals surface area contributed by atoms with Crippen LogP contribution in [-0.2, 0) is 14.4 Å². The first-order valence-electron chi connectivity index (χ1n) is 11.5. The maximum absolute atomic E-state index is 13.1. The molecule has 8 nitrogen and oxygen atoms in total. The lowest BCUT2D eigenvalue weighted by atomic mass is 9.77. The van der Waals surface area contributed by atoms with Gasteiger partial charge in [0.25, 0.3) is 5.91 Å². The molecule has 3 N–H and O–H groups in total. The minimum absolute atomic E-state index is 0.0418. The number of nitrogens with one attached hydrogen (secondary N) is 1. The molecule has 1 aliphatic carbocycles. The molecule has 0 aromatic heterocycles. The van der Waals surface area contributed by atoms with Gasteiger partial charge in [-0.3, -0.25) is 19.8 Å². The zero-order chi connectivity index (χ0) is 24.6. The number of carboxylic acids is 1. The fourth-order valence-electron chi connectivity index (χ4n) is 4.90. The molecule has 2 aliphatic rings. The Kier molecular flexibility index (Phi) is 6.41. The number of anilines is 1. The van der Waals surface area contributed by atoms with Gasteiger partial charge in [-0.1, -0.05) is 36.8 Å². The minimum Gasteiger partial charge on any atom is -0.505 e. The van der Waals surface area contributed by atoms with Gasteiger partial charge in [0.2, 0.25) is 5.78 Å². The molecule has 1 amide bonds. The number of ketones is 1. The summed E-state index contributed by atoms with van der Waals surface area (Å²) in [5.41, 5.74) is 6.24. The molecule has 0 bridgehead atoms. The second-order valence-electron chi connectivity index (χ2n) is 9.24. The number of nitrogens with zero attached hydrogens (tertiary/aromatic N) is 2. The van der Waals surface area contributed by atoms with Crippen LogP contribution in [0.4, 0.5) is 5.69 Å². The summed E-state index contributed by atoms with van der Waals surface area (Å²) in [6.45, 7) is 3.94. The van der Waals surface area contributed by atoms with Gasteiger partial charge in [0.15, 0.2) is 5.71 Å². The fourth-order valence-corrected chi connectivity index (χ4v) is 4.90. The number of hydrogen-bond acceptors (Lipinski definition) is 6. The van der Waals surface area contributed by atoms with E-state index in [-0.39, 0.29) is 23.1 Å². The number of likely N-dealkylation sites (N-methyl/N-ethyl adjacent to an activating group) is 1. The van der Waals surface area contributed by atoms with E-state index in [4.69, 9.17) is 0 Å². The third-order valence-corrected chi connectivity index (χ3v) is 7.06. The van der Waals surface area contributed by atoms with Crippen LogP contribution >= 0.6 is 0 Å². The molecule has 2 aromatic rings. The number of aromatic hydroxyl groups is 1. The maximum atomic E-state index is 13.1. The van der Waals surface area contributed by atoms with Crippen molar-refractivity contribution in [3.05, 3.63) is 58.7 Å². The zero-order valence-electron chi connectivity index (χ0n) is 19.5. The molecule has 2 aromatic carbocycles. The summed E-state index contributed by atoms with van der Waals surface area (Å²) in [7, 11) is 1.57. The number of carbonyl (C=O) groups excluding carboxylic acids is 2. The van der Waals surface area contributed by atoms with Crippen LogP contribution in [0, 0.1) is 19.8 Å². The number of para-hydroxylation sites is 1. The van der Waals surface area contributed by atoms with Crippen LogP contribution in [0.3, 0.4) is 0 Å². The van der Waals surface area contributed by atoms with Crippen LogP contribution in [0.25, 0.3) is 0 Å². The molecule has 1 aliphatic heterocycles. The van der Waals surface area contributed by atoms with Crippen LogP contribution in [0.15, 0.2) is 41.5 Å². The molecule has 34 heavy (non-hydrogen) atoms. The number of amides is 1. The van der Waals surface area contributed by atoms with E-state index in [1.54, 1.807) is 25.2 Å². The van der Waals surface area contributed by atoms with E-state index in [1.165, 1.54) is 4.90 Å². The molecule has 1 heterocycles. The molecule has 1 saturated heterocycles. The van der Waals surface area contributed by atoms with E-state index in [2.05, 4.69) is 10.5 Å². The molecule has 4 rings (SSSR count). The van der Waals surface area contributed by atoms with Crippen LogP contribution in [0.5, 0.6) is 5.75 Å². The fraction of sp³-hybridized carbons (Fsp3) is 0.385. The van der Waals surface area contributed by atoms with Crippen molar-refractivity contribution in [2.45, 2.75) is 51.5 Å². The SMILES string of the molecule is Cc1ccc(C2C(=O)/C(=N/Nc3cccc(C4CCCC(C(=O)O)C4)c3O)C(=O)N2C)cc1C. The lowest BCUT2D eigenvalue weighted by molar-refractivity contribution is -0.143. The summed E-state index contributed by atoms with van der Waals surface area (Å²) < 4.78 is 0. The zero-order valence-corrected chi connectivity index (χ0v) is 19.5. The minimum atomic E-state index is -0.814. The van der Waals surface area contributed by atoms with Gasteiger partial charge < -0.3 is 15.1 Å². The highest BCUT2D eigenvalue weighted by molar-refractivity contribution is 6.69. The summed E-state index contributed by atoms with van der Waals surface area (Å²) in [6.07, 6.45) is 2.66. The maximum Gasteiger partial charge on any atom is 0.306 e. The van der Waals surface area contributed by atoms with Gasteiger partial charge >= 0.3 is 5.97 Å². The highest BCUT2D eigenvalue weighted by atomic mass is 16.4. The first-order chi connectivity index (χ1) is 16.2. The molecule has 2 fully saturated rings. The van der Waals surface area contributed by atoms with Gasteiger partial charge in [0, 0.05) is 7.05 Å². The molecule has 8 heteroatoms. The Hall–Kier alpha value is -3.68. The summed E-state index contributed by atoms with van der Waals surface area (Å²) in [4.78, 5) is 38.7. The van der Waals surface area contributed by atoms with Gasteiger partial charge in [-0.15, -0.1) is 0 Å². The Morgan fingerprint density at radius 3 is 2.59 bits per heavy atom. The number of hydrogen-bond donors (Lipinski definition) is 3. The smallest absolute Gasteiger partial charge is 0.306 e. The molecule has 1 saturated carbocycles. The van der Waals surface area contributed by atoms with E-state index in [0.717, 1.165) is 29.5 Å². The van der Waals surface area contributed by atoms with Crippen molar-refractivity contribution in [1.82, 2.24) is 4.90 Å². The van der Waals surface area contributed by atoms with Crippen LogP contribution in [-0.4, -0.2) is 45.5 Å². The van der Waals surface area contributed by atoms with Crippen LogP contribution < -0.4 is 5.43 Å². The van der Waals surface area contributed by atoms with Crippen LogP contribution in [0.1, 0.15) is 59.9 Å². The predicted octanol–water partition coefficient (Wildman–Crippen LogP) is 3.92. The lowest BCUT2D eigenvalue weighted by Crippen LogP contribution is -2.25.